The molecule has 0 spiro atoms. The van der Waals surface area contributed by atoms with Gasteiger partial charge in [-0.1, -0.05) is 12.1 Å². The van der Waals surface area contributed by atoms with Crippen LogP contribution < -0.4 is 10.1 Å². The summed E-state index contributed by atoms with van der Waals surface area (Å²) in [6.07, 6.45) is 1.89. The Morgan fingerprint density at radius 2 is 2.16 bits per heavy atom. The zero-order valence-electron chi connectivity index (χ0n) is 11.2. The molecule has 0 atom stereocenters. The molecule has 1 saturated heterocycles. The molecule has 0 aliphatic carbocycles. The van der Waals surface area contributed by atoms with Crippen LogP contribution in [0.5, 0.6) is 11.5 Å². The van der Waals surface area contributed by atoms with Gasteiger partial charge in [-0.25, -0.2) is 0 Å². The number of aromatic hydroxyl groups is 1. The lowest BCUT2D eigenvalue weighted by molar-refractivity contribution is 0.316. The van der Waals surface area contributed by atoms with Crippen molar-refractivity contribution < 1.29 is 14.1 Å². The Bertz CT molecular complexity index is 440. The summed E-state index contributed by atoms with van der Waals surface area (Å²) in [5.74, 6) is 2.31. The van der Waals surface area contributed by atoms with Gasteiger partial charge in [0.15, 0.2) is 11.5 Å². The van der Waals surface area contributed by atoms with Crippen molar-refractivity contribution in [3.8, 4) is 11.5 Å². The molecular formula is C14H21NO3S. The van der Waals surface area contributed by atoms with Gasteiger partial charge in [0.1, 0.15) is 0 Å². The van der Waals surface area contributed by atoms with E-state index in [4.69, 9.17) is 4.74 Å². The Morgan fingerprint density at radius 1 is 1.42 bits per heavy atom. The summed E-state index contributed by atoms with van der Waals surface area (Å²) in [4.78, 5) is 0. The maximum Gasteiger partial charge on any atom is 0.162 e. The molecule has 0 radical (unpaired) electrons. The van der Waals surface area contributed by atoms with Crippen LogP contribution in [0, 0.1) is 0 Å². The van der Waals surface area contributed by atoms with Crippen molar-refractivity contribution in [3.63, 3.8) is 0 Å². The van der Waals surface area contributed by atoms with Gasteiger partial charge >= 0.3 is 0 Å². The number of nitrogens with one attached hydrogen (secondary N) is 1. The summed E-state index contributed by atoms with van der Waals surface area (Å²) in [6.45, 7) is 3.05. The van der Waals surface area contributed by atoms with E-state index in [-0.39, 0.29) is 5.75 Å². The number of phenols is 1. The molecule has 0 saturated carbocycles. The second kappa shape index (κ2) is 6.91. The van der Waals surface area contributed by atoms with E-state index in [0.29, 0.717) is 24.9 Å². The number of para-hydroxylation sites is 1. The smallest absolute Gasteiger partial charge is 0.162 e. The number of ether oxygens (including phenoxy) is 1. The molecule has 1 aliphatic rings. The third kappa shape index (κ3) is 3.94. The van der Waals surface area contributed by atoms with Crippen LogP contribution >= 0.6 is 0 Å². The van der Waals surface area contributed by atoms with Crippen LogP contribution in [0.15, 0.2) is 18.2 Å². The molecule has 0 unspecified atom stereocenters. The molecule has 2 N–H and O–H groups in total. The highest BCUT2D eigenvalue weighted by Gasteiger charge is 2.17. The molecule has 5 heteroatoms. The first kappa shape index (κ1) is 14.3. The van der Waals surface area contributed by atoms with Crippen LogP contribution in [0.25, 0.3) is 0 Å². The molecule has 0 aromatic heterocycles. The highest BCUT2D eigenvalue weighted by Crippen LogP contribution is 2.29. The van der Waals surface area contributed by atoms with Gasteiger partial charge in [-0.3, -0.25) is 4.21 Å². The van der Waals surface area contributed by atoms with Crippen molar-refractivity contribution in [2.45, 2.75) is 32.4 Å². The van der Waals surface area contributed by atoms with E-state index in [1.807, 2.05) is 19.1 Å². The maximum atomic E-state index is 11.3. The van der Waals surface area contributed by atoms with Gasteiger partial charge in [-0.15, -0.1) is 0 Å². The number of hydrogen-bond donors (Lipinski definition) is 2. The van der Waals surface area contributed by atoms with Crippen molar-refractivity contribution in [1.29, 1.82) is 0 Å². The topological polar surface area (TPSA) is 58.6 Å². The average Bonchev–Trinajstić information content (AvgIpc) is 2.42. The second-order valence-electron chi connectivity index (χ2n) is 4.70. The zero-order valence-corrected chi connectivity index (χ0v) is 12.0. The summed E-state index contributed by atoms with van der Waals surface area (Å²) in [5.41, 5.74) is 0.845. The molecule has 0 bridgehead atoms. The fraction of sp³-hybridized carbons (Fsp3) is 0.571. The van der Waals surface area contributed by atoms with Gasteiger partial charge in [0.25, 0.3) is 0 Å². The minimum Gasteiger partial charge on any atom is -0.504 e. The lowest BCUT2D eigenvalue weighted by atomic mass is 10.1. The Morgan fingerprint density at radius 3 is 2.84 bits per heavy atom. The van der Waals surface area contributed by atoms with Crippen LogP contribution in [-0.2, 0) is 17.3 Å². The third-order valence-corrected chi connectivity index (χ3v) is 4.73. The summed E-state index contributed by atoms with van der Waals surface area (Å²) >= 11 is 0. The van der Waals surface area contributed by atoms with E-state index in [9.17, 15) is 9.32 Å². The molecular weight excluding hydrogens is 262 g/mol. The Kier molecular flexibility index (Phi) is 5.22. The molecule has 2 rings (SSSR count). The normalized spacial score (nSPS) is 23.2. The summed E-state index contributed by atoms with van der Waals surface area (Å²) in [6, 6.07) is 5.95. The van der Waals surface area contributed by atoms with E-state index in [1.165, 1.54) is 0 Å². The first-order valence-corrected chi connectivity index (χ1v) is 8.21. The Hall–Kier alpha value is -1.07. The van der Waals surface area contributed by atoms with Gasteiger partial charge in [-0.2, -0.15) is 0 Å². The van der Waals surface area contributed by atoms with Crippen LogP contribution in [0.3, 0.4) is 0 Å². The standard InChI is InChI=1S/C14H21NO3S/c1-2-18-13-5-3-4-11(14(13)16)10-15-12-6-8-19(17)9-7-12/h3-5,12,15-16H,2,6-10H2,1H3. The molecule has 1 heterocycles. The quantitative estimate of drug-likeness (QED) is 0.865. The lowest BCUT2D eigenvalue weighted by Gasteiger charge is -2.23. The van der Waals surface area contributed by atoms with Crippen LogP contribution in [-0.4, -0.2) is 33.5 Å². The monoisotopic (exact) mass is 283 g/mol. The van der Waals surface area contributed by atoms with Gasteiger partial charge in [0.05, 0.1) is 6.61 Å². The van der Waals surface area contributed by atoms with E-state index >= 15 is 0 Å². The molecule has 19 heavy (non-hydrogen) atoms. The number of hydrogen-bond acceptors (Lipinski definition) is 4. The van der Waals surface area contributed by atoms with E-state index in [1.54, 1.807) is 6.07 Å². The fourth-order valence-corrected chi connectivity index (χ4v) is 3.53. The number of phenolic OH excluding ortho intramolecular Hbond substituents is 1. The third-order valence-electron chi connectivity index (χ3n) is 3.35. The lowest BCUT2D eigenvalue weighted by Crippen LogP contribution is -2.35. The summed E-state index contributed by atoms with van der Waals surface area (Å²) in [7, 11) is -0.629. The Labute approximate surface area is 116 Å². The predicted octanol–water partition coefficient (Wildman–Crippen LogP) is 1.79. The predicted molar refractivity (Wildman–Crippen MR) is 77.0 cm³/mol. The second-order valence-corrected chi connectivity index (χ2v) is 6.40. The van der Waals surface area contributed by atoms with Crippen molar-refractivity contribution in [2.24, 2.45) is 0 Å². The van der Waals surface area contributed by atoms with Gasteiger partial charge in [0.2, 0.25) is 0 Å². The minimum absolute atomic E-state index is 0.219. The first-order valence-electron chi connectivity index (χ1n) is 6.72. The molecule has 4 nitrogen and oxygen atoms in total. The van der Waals surface area contributed by atoms with Crippen molar-refractivity contribution >= 4 is 10.8 Å². The molecule has 1 aromatic rings. The van der Waals surface area contributed by atoms with Crippen molar-refractivity contribution in [3.05, 3.63) is 23.8 Å². The largest absolute Gasteiger partial charge is 0.504 e. The van der Waals surface area contributed by atoms with Gasteiger partial charge < -0.3 is 15.2 Å². The SMILES string of the molecule is CCOc1cccc(CNC2CCS(=O)CC2)c1O. The molecule has 106 valence electrons. The Balaban J connectivity index is 1.92. The highest BCUT2D eigenvalue weighted by atomic mass is 32.2. The van der Waals surface area contributed by atoms with Gasteiger partial charge in [0, 0.05) is 40.5 Å². The number of rotatable bonds is 5. The molecule has 1 aliphatic heterocycles. The van der Waals surface area contributed by atoms with Crippen LogP contribution in [0.4, 0.5) is 0 Å². The summed E-state index contributed by atoms with van der Waals surface area (Å²) in [5, 5.41) is 13.5. The minimum atomic E-state index is -0.629. The fourth-order valence-electron chi connectivity index (χ4n) is 2.23. The zero-order chi connectivity index (χ0) is 13.7. The van der Waals surface area contributed by atoms with Crippen molar-refractivity contribution in [1.82, 2.24) is 5.32 Å². The summed E-state index contributed by atoms with van der Waals surface area (Å²) < 4.78 is 16.6. The molecule has 1 aromatic carbocycles. The van der Waals surface area contributed by atoms with Gasteiger partial charge in [-0.05, 0) is 25.8 Å². The van der Waals surface area contributed by atoms with Crippen LogP contribution in [0.2, 0.25) is 0 Å². The average molecular weight is 283 g/mol. The first-order chi connectivity index (χ1) is 9.20. The number of benzene rings is 1. The van der Waals surface area contributed by atoms with E-state index < -0.39 is 10.8 Å². The molecule has 0 amide bonds. The van der Waals surface area contributed by atoms with E-state index in [2.05, 4.69) is 5.32 Å². The van der Waals surface area contributed by atoms with Crippen molar-refractivity contribution in [2.75, 3.05) is 18.1 Å². The maximum absolute atomic E-state index is 11.3. The molecule has 1 fully saturated rings. The highest BCUT2D eigenvalue weighted by molar-refractivity contribution is 7.85. The van der Waals surface area contributed by atoms with Crippen LogP contribution in [0.1, 0.15) is 25.3 Å². The van der Waals surface area contributed by atoms with E-state index in [0.717, 1.165) is 29.9 Å².